The maximum atomic E-state index is 12.4. The van der Waals surface area contributed by atoms with Crippen molar-refractivity contribution in [2.24, 2.45) is 0 Å². The third-order valence-electron chi connectivity index (χ3n) is 4.69. The minimum atomic E-state index is -0.192. The van der Waals surface area contributed by atoms with E-state index in [1.807, 2.05) is 44.4 Å². The number of halogens is 1. The molecule has 0 aliphatic carbocycles. The monoisotopic (exact) mass is 475 g/mol. The summed E-state index contributed by atoms with van der Waals surface area (Å²) in [4.78, 5) is 13.4. The van der Waals surface area contributed by atoms with Crippen LogP contribution >= 0.6 is 34.7 Å². The molecule has 3 rings (SSSR count). The van der Waals surface area contributed by atoms with Crippen LogP contribution in [0, 0.1) is 32.1 Å². The van der Waals surface area contributed by atoms with Crippen molar-refractivity contribution < 1.29 is 9.53 Å². The second-order valence-electron chi connectivity index (χ2n) is 6.78. The lowest BCUT2D eigenvalue weighted by Gasteiger charge is -2.10. The van der Waals surface area contributed by atoms with E-state index >= 15 is 0 Å². The lowest BCUT2D eigenvalue weighted by atomic mass is 10.2. The molecular weight excluding hydrogens is 454 g/mol. The second-order valence-corrected chi connectivity index (χ2v) is 9.35. The van der Waals surface area contributed by atoms with Gasteiger partial charge < -0.3 is 14.6 Å². The van der Waals surface area contributed by atoms with Crippen LogP contribution < -0.4 is 10.1 Å². The number of rotatable bonds is 8. The molecule has 1 aromatic carbocycles. The van der Waals surface area contributed by atoms with Crippen LogP contribution in [-0.4, -0.2) is 26.4 Å². The fourth-order valence-corrected chi connectivity index (χ4v) is 4.81. The Morgan fingerprint density at radius 3 is 2.81 bits per heavy atom. The van der Waals surface area contributed by atoms with Gasteiger partial charge in [-0.05, 0) is 57.0 Å². The summed E-state index contributed by atoms with van der Waals surface area (Å²) in [5.74, 6) is 1.35. The van der Waals surface area contributed by atoms with Gasteiger partial charge in [0.25, 0.3) is 0 Å². The second kappa shape index (κ2) is 10.2. The fourth-order valence-electron chi connectivity index (χ4n) is 2.85. The van der Waals surface area contributed by atoms with Gasteiger partial charge in [0.1, 0.15) is 23.4 Å². The number of carbonyl (C=O) groups is 1. The van der Waals surface area contributed by atoms with E-state index in [1.54, 1.807) is 6.07 Å². The van der Waals surface area contributed by atoms with Crippen molar-refractivity contribution in [2.45, 2.75) is 46.0 Å². The van der Waals surface area contributed by atoms with Crippen molar-refractivity contribution in [2.75, 3.05) is 11.1 Å². The highest BCUT2D eigenvalue weighted by Crippen LogP contribution is 2.32. The van der Waals surface area contributed by atoms with Crippen LogP contribution in [0.2, 0.25) is 5.02 Å². The van der Waals surface area contributed by atoms with Crippen LogP contribution in [0.4, 0.5) is 5.00 Å². The highest BCUT2D eigenvalue weighted by atomic mass is 35.5. The number of benzene rings is 1. The Balaban J connectivity index is 1.61. The summed E-state index contributed by atoms with van der Waals surface area (Å²) in [7, 11) is 0. The number of thioether (sulfide) groups is 1. The van der Waals surface area contributed by atoms with Crippen molar-refractivity contribution in [1.29, 1.82) is 5.26 Å². The molecule has 0 bridgehead atoms. The molecule has 1 N–H and O–H groups in total. The number of aryl methyl sites for hydroxylation is 2. The van der Waals surface area contributed by atoms with Crippen LogP contribution in [0.3, 0.4) is 0 Å². The Morgan fingerprint density at radius 1 is 1.35 bits per heavy atom. The Hall–Kier alpha value is -2.54. The first-order valence-electron chi connectivity index (χ1n) is 9.57. The number of amides is 1. The third-order valence-corrected chi connectivity index (χ3v) is 7.20. The molecule has 0 radical (unpaired) electrons. The summed E-state index contributed by atoms with van der Waals surface area (Å²) in [5, 5.41) is 22.5. The average molecular weight is 476 g/mol. The van der Waals surface area contributed by atoms with Crippen molar-refractivity contribution in [1.82, 2.24) is 14.8 Å². The van der Waals surface area contributed by atoms with Gasteiger partial charge in [0.2, 0.25) is 5.91 Å². The molecule has 2 heterocycles. The molecule has 0 aliphatic heterocycles. The van der Waals surface area contributed by atoms with Gasteiger partial charge >= 0.3 is 0 Å². The van der Waals surface area contributed by atoms with Gasteiger partial charge in [0, 0.05) is 16.4 Å². The number of nitrogens with zero attached hydrogens (tertiary/aromatic N) is 4. The molecule has 162 valence electrons. The zero-order valence-electron chi connectivity index (χ0n) is 17.7. The van der Waals surface area contributed by atoms with Gasteiger partial charge in [-0.15, -0.1) is 21.5 Å². The van der Waals surface area contributed by atoms with Gasteiger partial charge in [-0.2, -0.15) is 5.26 Å². The Morgan fingerprint density at radius 2 is 2.13 bits per heavy atom. The molecule has 0 fully saturated rings. The standard InChI is InChI=1S/C21H22ClN5O2S2/c1-5-27-18(10-29-15-6-7-17(22)12(2)8-15)25-26-21(27)30-11-19(28)24-20-16(9-23)13(3)14(4)31-20/h6-8H,5,10-11H2,1-4H3,(H,24,28). The Kier molecular flexibility index (Phi) is 7.59. The van der Waals surface area contributed by atoms with Crippen LogP contribution in [0.5, 0.6) is 5.75 Å². The molecule has 0 atom stereocenters. The van der Waals surface area contributed by atoms with E-state index in [0.717, 1.165) is 16.0 Å². The molecule has 0 saturated heterocycles. The predicted molar refractivity (Wildman–Crippen MR) is 124 cm³/mol. The molecule has 3 aromatic rings. The summed E-state index contributed by atoms with van der Waals surface area (Å²) in [5.41, 5.74) is 2.37. The molecule has 7 nitrogen and oxygen atoms in total. The number of nitrogens with one attached hydrogen (secondary N) is 1. The van der Waals surface area contributed by atoms with Crippen LogP contribution in [0.1, 0.15) is 34.3 Å². The largest absolute Gasteiger partial charge is 0.486 e. The number of nitriles is 1. The molecular formula is C21H22ClN5O2S2. The van der Waals surface area contributed by atoms with E-state index in [2.05, 4.69) is 21.6 Å². The zero-order valence-corrected chi connectivity index (χ0v) is 20.0. The molecule has 0 aliphatic rings. The van der Waals surface area contributed by atoms with Gasteiger partial charge in [-0.25, -0.2) is 0 Å². The summed E-state index contributed by atoms with van der Waals surface area (Å²) in [6, 6.07) is 7.64. The van der Waals surface area contributed by atoms with Crippen molar-refractivity contribution in [3.05, 3.63) is 50.6 Å². The predicted octanol–water partition coefficient (Wildman–Crippen LogP) is 5.12. The number of aromatic nitrogens is 3. The minimum absolute atomic E-state index is 0.163. The van der Waals surface area contributed by atoms with E-state index in [-0.39, 0.29) is 18.3 Å². The lowest BCUT2D eigenvalue weighted by molar-refractivity contribution is -0.113. The number of hydrogen-bond donors (Lipinski definition) is 1. The molecule has 10 heteroatoms. The molecule has 0 spiro atoms. The third kappa shape index (κ3) is 5.39. The van der Waals surface area contributed by atoms with E-state index < -0.39 is 0 Å². The van der Waals surface area contributed by atoms with Gasteiger partial charge in [0.15, 0.2) is 11.0 Å². The SMILES string of the molecule is CCn1c(COc2ccc(Cl)c(C)c2)nnc1SCC(=O)Nc1sc(C)c(C)c1C#N. The van der Waals surface area contributed by atoms with Crippen molar-refractivity contribution >= 4 is 45.6 Å². The first-order valence-corrected chi connectivity index (χ1v) is 11.8. The molecule has 31 heavy (non-hydrogen) atoms. The van der Waals surface area contributed by atoms with Crippen LogP contribution in [0.15, 0.2) is 23.4 Å². The van der Waals surface area contributed by atoms with E-state index in [9.17, 15) is 10.1 Å². The highest BCUT2D eigenvalue weighted by molar-refractivity contribution is 7.99. The van der Waals surface area contributed by atoms with E-state index in [4.69, 9.17) is 16.3 Å². The first-order chi connectivity index (χ1) is 14.8. The van der Waals surface area contributed by atoms with Gasteiger partial charge in [0.05, 0.1) is 11.3 Å². The zero-order chi connectivity index (χ0) is 22.5. The minimum Gasteiger partial charge on any atom is -0.486 e. The number of thiophene rings is 1. The summed E-state index contributed by atoms with van der Waals surface area (Å²) in [6.07, 6.45) is 0. The fraction of sp³-hybridized carbons (Fsp3) is 0.333. The molecule has 0 saturated carbocycles. The lowest BCUT2D eigenvalue weighted by Crippen LogP contribution is -2.15. The van der Waals surface area contributed by atoms with Crippen molar-refractivity contribution in [3.63, 3.8) is 0 Å². The molecule has 0 unspecified atom stereocenters. The highest BCUT2D eigenvalue weighted by Gasteiger charge is 2.17. The number of carbonyl (C=O) groups excluding carboxylic acids is 1. The maximum Gasteiger partial charge on any atom is 0.235 e. The van der Waals surface area contributed by atoms with Crippen LogP contribution in [0.25, 0.3) is 0 Å². The number of ether oxygens (including phenoxy) is 1. The number of anilines is 1. The number of hydrogen-bond acceptors (Lipinski definition) is 7. The van der Waals surface area contributed by atoms with Gasteiger partial charge in [-0.1, -0.05) is 23.4 Å². The summed E-state index contributed by atoms with van der Waals surface area (Å²) >= 11 is 8.76. The summed E-state index contributed by atoms with van der Waals surface area (Å²) < 4.78 is 7.75. The van der Waals surface area contributed by atoms with E-state index in [0.29, 0.717) is 38.9 Å². The van der Waals surface area contributed by atoms with Crippen LogP contribution in [-0.2, 0) is 17.9 Å². The topological polar surface area (TPSA) is 92.8 Å². The average Bonchev–Trinajstić information content (AvgIpc) is 3.26. The van der Waals surface area contributed by atoms with E-state index in [1.165, 1.54) is 23.1 Å². The quantitative estimate of drug-likeness (QED) is 0.454. The molecule has 1 amide bonds. The Bertz CT molecular complexity index is 1150. The smallest absolute Gasteiger partial charge is 0.235 e. The van der Waals surface area contributed by atoms with Crippen molar-refractivity contribution in [3.8, 4) is 11.8 Å². The first kappa shape index (κ1) is 23.1. The van der Waals surface area contributed by atoms with Gasteiger partial charge in [-0.3, -0.25) is 4.79 Å². The Labute approximate surface area is 194 Å². The normalized spacial score (nSPS) is 10.7. The summed E-state index contributed by atoms with van der Waals surface area (Å²) in [6.45, 7) is 8.63. The maximum absolute atomic E-state index is 12.4. The molecule has 2 aromatic heterocycles.